The highest BCUT2D eigenvalue weighted by molar-refractivity contribution is 5.94. The summed E-state index contributed by atoms with van der Waals surface area (Å²) in [4.78, 5) is 49.7. The number of aliphatic carboxylic acids is 1. The van der Waals surface area contributed by atoms with Gasteiger partial charge in [-0.05, 0) is 36.5 Å². The van der Waals surface area contributed by atoms with E-state index in [0.717, 1.165) is 0 Å². The molecule has 1 aromatic carbocycles. The van der Waals surface area contributed by atoms with Crippen molar-refractivity contribution in [2.45, 2.75) is 71.3 Å². The Hall–Kier alpha value is -3.18. The molecule has 0 saturated carbocycles. The Balaban J connectivity index is 2.95. The van der Waals surface area contributed by atoms with E-state index in [1.807, 2.05) is 0 Å². The monoisotopic (exact) mass is 480 g/mol. The van der Waals surface area contributed by atoms with E-state index in [-0.39, 0.29) is 24.0 Å². The molecular formula is C23H36N4O7. The van der Waals surface area contributed by atoms with Crippen molar-refractivity contribution in [3.8, 4) is 5.75 Å². The summed E-state index contributed by atoms with van der Waals surface area (Å²) < 4.78 is 0. The molecule has 190 valence electrons. The smallest absolute Gasteiger partial charge is 0.326 e. The predicted molar refractivity (Wildman–Crippen MR) is 125 cm³/mol. The number of amides is 3. The zero-order valence-corrected chi connectivity index (χ0v) is 20.1. The normalized spacial score (nSPS) is 15.7. The van der Waals surface area contributed by atoms with Crippen LogP contribution in [0.4, 0.5) is 0 Å². The molecule has 0 bridgehead atoms. The van der Waals surface area contributed by atoms with Crippen LogP contribution in [0, 0.1) is 11.8 Å². The quantitative estimate of drug-likeness (QED) is 0.208. The largest absolute Gasteiger partial charge is 0.508 e. The lowest BCUT2D eigenvalue weighted by atomic mass is 9.99. The number of phenols is 1. The van der Waals surface area contributed by atoms with Gasteiger partial charge in [0.1, 0.15) is 23.9 Å². The first-order chi connectivity index (χ1) is 15.7. The van der Waals surface area contributed by atoms with E-state index < -0.39 is 54.0 Å². The van der Waals surface area contributed by atoms with Gasteiger partial charge in [-0.2, -0.15) is 0 Å². The van der Waals surface area contributed by atoms with Crippen molar-refractivity contribution in [3.63, 3.8) is 0 Å². The first-order valence-electron chi connectivity index (χ1n) is 11.1. The standard InChI is InChI=1S/C23H36N4O7/c1-11(2)17(24)20(30)26-18(12(3)4)21(31)27-19(13(5)28)22(32)25-16(23(33)34)10-14-6-8-15(29)9-7-14/h6-9,11-13,16-19,28-29H,10,24H2,1-5H3,(H,25,32)(H,26,30)(H,27,31)(H,33,34). The van der Waals surface area contributed by atoms with Crippen molar-refractivity contribution in [2.24, 2.45) is 17.6 Å². The minimum absolute atomic E-state index is 0.0118. The second kappa shape index (κ2) is 12.9. The third kappa shape index (κ3) is 8.64. The van der Waals surface area contributed by atoms with Gasteiger partial charge in [0, 0.05) is 6.42 Å². The summed E-state index contributed by atoms with van der Waals surface area (Å²) in [5, 5.41) is 36.3. The number of nitrogens with one attached hydrogen (secondary N) is 3. The molecule has 0 heterocycles. The zero-order chi connectivity index (χ0) is 26.2. The van der Waals surface area contributed by atoms with Crippen LogP contribution in [-0.2, 0) is 25.6 Å². The summed E-state index contributed by atoms with van der Waals surface area (Å²) in [5.74, 6) is -3.96. The summed E-state index contributed by atoms with van der Waals surface area (Å²) in [6.07, 6.45) is -1.44. The van der Waals surface area contributed by atoms with Gasteiger partial charge in [0.05, 0.1) is 12.1 Å². The molecular weight excluding hydrogens is 444 g/mol. The third-order valence-corrected chi connectivity index (χ3v) is 5.32. The van der Waals surface area contributed by atoms with E-state index >= 15 is 0 Å². The second-order valence-corrected chi connectivity index (χ2v) is 9.00. The minimum Gasteiger partial charge on any atom is -0.508 e. The Kier molecular flexibility index (Phi) is 10.9. The van der Waals surface area contributed by atoms with Gasteiger partial charge in [-0.3, -0.25) is 14.4 Å². The Morgan fingerprint density at radius 3 is 1.76 bits per heavy atom. The van der Waals surface area contributed by atoms with Gasteiger partial charge in [-0.1, -0.05) is 39.8 Å². The van der Waals surface area contributed by atoms with Crippen LogP contribution in [0.5, 0.6) is 5.75 Å². The topological polar surface area (TPSA) is 191 Å². The molecule has 0 fully saturated rings. The number of carbonyl (C=O) groups is 4. The summed E-state index contributed by atoms with van der Waals surface area (Å²) in [6.45, 7) is 8.19. The van der Waals surface area contributed by atoms with Crippen molar-refractivity contribution >= 4 is 23.7 Å². The molecule has 0 spiro atoms. The van der Waals surface area contributed by atoms with E-state index in [1.54, 1.807) is 27.7 Å². The molecule has 1 rings (SSSR count). The Morgan fingerprint density at radius 1 is 0.824 bits per heavy atom. The highest BCUT2D eigenvalue weighted by Crippen LogP contribution is 2.12. The molecule has 0 aliphatic carbocycles. The van der Waals surface area contributed by atoms with Crippen molar-refractivity contribution in [2.75, 3.05) is 0 Å². The summed E-state index contributed by atoms with van der Waals surface area (Å²) >= 11 is 0. The molecule has 0 aliphatic heterocycles. The minimum atomic E-state index is -1.47. The number of rotatable bonds is 12. The number of aliphatic hydroxyl groups excluding tert-OH is 1. The molecule has 0 radical (unpaired) electrons. The SMILES string of the molecule is CC(C)C(N)C(=O)NC(C(=O)NC(C(=O)NC(Cc1ccc(O)cc1)C(=O)O)C(C)O)C(C)C. The van der Waals surface area contributed by atoms with E-state index in [9.17, 15) is 34.5 Å². The van der Waals surface area contributed by atoms with Gasteiger partial charge in [0.15, 0.2) is 0 Å². The van der Waals surface area contributed by atoms with Crippen molar-refractivity contribution < 1.29 is 34.5 Å². The lowest BCUT2D eigenvalue weighted by Gasteiger charge is -2.28. The van der Waals surface area contributed by atoms with Crippen molar-refractivity contribution in [1.29, 1.82) is 0 Å². The van der Waals surface area contributed by atoms with Crippen LogP contribution in [0.15, 0.2) is 24.3 Å². The maximum absolute atomic E-state index is 12.9. The van der Waals surface area contributed by atoms with E-state index in [1.165, 1.54) is 31.2 Å². The summed E-state index contributed by atoms with van der Waals surface area (Å²) in [7, 11) is 0. The number of nitrogens with two attached hydrogens (primary N) is 1. The van der Waals surface area contributed by atoms with Crippen molar-refractivity contribution in [1.82, 2.24) is 16.0 Å². The lowest BCUT2D eigenvalue weighted by Crippen LogP contribution is -2.61. The Bertz CT molecular complexity index is 855. The fourth-order valence-corrected chi connectivity index (χ4v) is 3.06. The maximum Gasteiger partial charge on any atom is 0.326 e. The van der Waals surface area contributed by atoms with E-state index in [0.29, 0.717) is 5.56 Å². The first kappa shape index (κ1) is 28.9. The number of carboxylic acid groups (broad SMARTS) is 1. The van der Waals surface area contributed by atoms with Crippen LogP contribution in [0.3, 0.4) is 0 Å². The molecule has 5 unspecified atom stereocenters. The summed E-state index contributed by atoms with van der Waals surface area (Å²) in [5.41, 5.74) is 6.39. The molecule has 8 N–H and O–H groups in total. The molecule has 0 aromatic heterocycles. The lowest BCUT2D eigenvalue weighted by molar-refractivity contribution is -0.143. The number of aliphatic hydroxyl groups is 1. The van der Waals surface area contributed by atoms with Crippen LogP contribution in [-0.4, -0.2) is 69.3 Å². The Labute approximate surface area is 199 Å². The average molecular weight is 481 g/mol. The number of phenolic OH excluding ortho intramolecular Hbond substituents is 1. The van der Waals surface area contributed by atoms with Crippen LogP contribution in [0.2, 0.25) is 0 Å². The highest BCUT2D eigenvalue weighted by Gasteiger charge is 2.34. The third-order valence-electron chi connectivity index (χ3n) is 5.32. The highest BCUT2D eigenvalue weighted by atomic mass is 16.4. The molecule has 3 amide bonds. The van der Waals surface area contributed by atoms with Crippen LogP contribution in [0.1, 0.15) is 40.2 Å². The number of hydrogen-bond donors (Lipinski definition) is 7. The maximum atomic E-state index is 12.9. The van der Waals surface area contributed by atoms with Gasteiger partial charge in [-0.25, -0.2) is 4.79 Å². The van der Waals surface area contributed by atoms with Gasteiger partial charge < -0.3 is 37.0 Å². The predicted octanol–water partition coefficient (Wildman–Crippen LogP) is -0.506. The van der Waals surface area contributed by atoms with Crippen molar-refractivity contribution in [3.05, 3.63) is 29.8 Å². The molecule has 34 heavy (non-hydrogen) atoms. The van der Waals surface area contributed by atoms with Crippen LogP contribution < -0.4 is 21.7 Å². The van der Waals surface area contributed by atoms with E-state index in [4.69, 9.17) is 5.73 Å². The molecule has 5 atom stereocenters. The number of hydrogen-bond acceptors (Lipinski definition) is 7. The Morgan fingerprint density at radius 2 is 1.32 bits per heavy atom. The number of aromatic hydroxyl groups is 1. The zero-order valence-electron chi connectivity index (χ0n) is 20.1. The molecule has 11 nitrogen and oxygen atoms in total. The number of benzene rings is 1. The second-order valence-electron chi connectivity index (χ2n) is 9.00. The molecule has 0 saturated heterocycles. The summed E-state index contributed by atoms with van der Waals surface area (Å²) in [6, 6.07) is 1.14. The van der Waals surface area contributed by atoms with Gasteiger partial charge in [0.25, 0.3) is 0 Å². The van der Waals surface area contributed by atoms with Crippen LogP contribution >= 0.6 is 0 Å². The van der Waals surface area contributed by atoms with Crippen LogP contribution in [0.25, 0.3) is 0 Å². The fraction of sp³-hybridized carbons (Fsp3) is 0.565. The van der Waals surface area contributed by atoms with E-state index in [2.05, 4.69) is 16.0 Å². The molecule has 0 aliphatic rings. The van der Waals surface area contributed by atoms with Gasteiger partial charge in [0.2, 0.25) is 17.7 Å². The fourth-order valence-electron chi connectivity index (χ4n) is 3.06. The van der Waals surface area contributed by atoms with Gasteiger partial charge >= 0.3 is 5.97 Å². The molecule has 1 aromatic rings. The number of carboxylic acids is 1. The average Bonchev–Trinajstić information content (AvgIpc) is 2.74. The number of carbonyl (C=O) groups excluding carboxylic acids is 3. The molecule has 11 heteroatoms. The first-order valence-corrected chi connectivity index (χ1v) is 11.1. The van der Waals surface area contributed by atoms with Gasteiger partial charge in [-0.15, -0.1) is 0 Å².